The summed E-state index contributed by atoms with van der Waals surface area (Å²) in [5, 5.41) is 0. The van der Waals surface area contributed by atoms with Crippen molar-refractivity contribution in [1.29, 1.82) is 0 Å². The third-order valence-electron chi connectivity index (χ3n) is 4.04. The summed E-state index contributed by atoms with van der Waals surface area (Å²) in [6.45, 7) is 4.48. The highest BCUT2D eigenvalue weighted by Crippen LogP contribution is 2.24. The maximum Gasteiger partial charge on any atom is 0.123 e. The van der Waals surface area contributed by atoms with Crippen LogP contribution in [0.2, 0.25) is 0 Å². The van der Waals surface area contributed by atoms with Gasteiger partial charge in [0.2, 0.25) is 0 Å². The molecule has 0 radical (unpaired) electrons. The molecule has 0 spiro atoms. The summed E-state index contributed by atoms with van der Waals surface area (Å²) in [4.78, 5) is 0. The number of alkyl halides is 1. The molecule has 1 atom stereocenters. The summed E-state index contributed by atoms with van der Waals surface area (Å²) in [5.74, 6) is 0. The van der Waals surface area contributed by atoms with Crippen LogP contribution in [-0.4, -0.2) is 12.2 Å². The molecule has 0 saturated heterocycles. The van der Waals surface area contributed by atoms with Crippen LogP contribution in [0, 0.1) is 0 Å². The van der Waals surface area contributed by atoms with Crippen molar-refractivity contribution in [3.05, 3.63) is 0 Å². The van der Waals surface area contributed by atoms with E-state index in [9.17, 15) is 4.39 Å². The topological polar surface area (TPSA) is 26.0 Å². The Morgan fingerprint density at radius 3 is 1.58 bits per heavy atom. The molecule has 19 heavy (non-hydrogen) atoms. The number of nitrogens with two attached hydrogens (primary N) is 1. The SMILES string of the molecule is CCCCCCCCCCCCC(F)(CN)CCC. The molecule has 0 aromatic heterocycles. The summed E-state index contributed by atoms with van der Waals surface area (Å²) in [6.07, 6.45) is 15.2. The molecular weight excluding hydrogens is 237 g/mol. The second-order valence-corrected chi connectivity index (χ2v) is 6.04. The van der Waals surface area contributed by atoms with E-state index in [1.165, 1.54) is 57.8 Å². The third-order valence-corrected chi connectivity index (χ3v) is 4.04. The first-order valence-corrected chi connectivity index (χ1v) is 8.57. The van der Waals surface area contributed by atoms with Crippen LogP contribution in [0.4, 0.5) is 4.39 Å². The van der Waals surface area contributed by atoms with Gasteiger partial charge in [0.1, 0.15) is 5.67 Å². The van der Waals surface area contributed by atoms with E-state index in [0.717, 1.165) is 12.8 Å². The fourth-order valence-corrected chi connectivity index (χ4v) is 2.71. The Kier molecular flexibility index (Phi) is 12.8. The van der Waals surface area contributed by atoms with Gasteiger partial charge in [0.05, 0.1) is 0 Å². The molecular formula is C17H36FN. The minimum atomic E-state index is -1.09. The van der Waals surface area contributed by atoms with Crippen molar-refractivity contribution < 1.29 is 4.39 Å². The van der Waals surface area contributed by atoms with E-state index >= 15 is 0 Å². The van der Waals surface area contributed by atoms with Gasteiger partial charge in [-0.05, 0) is 12.8 Å². The summed E-state index contributed by atoms with van der Waals surface area (Å²) >= 11 is 0. The molecule has 0 aromatic rings. The quantitative estimate of drug-likeness (QED) is 0.400. The molecule has 0 aliphatic rings. The van der Waals surface area contributed by atoms with Crippen LogP contribution >= 0.6 is 0 Å². The highest BCUT2D eigenvalue weighted by atomic mass is 19.1. The Hall–Kier alpha value is -0.110. The molecule has 2 N–H and O–H groups in total. The van der Waals surface area contributed by atoms with Crippen LogP contribution in [-0.2, 0) is 0 Å². The zero-order valence-corrected chi connectivity index (χ0v) is 13.4. The first-order chi connectivity index (χ1) is 9.18. The first kappa shape index (κ1) is 18.9. The van der Waals surface area contributed by atoms with Crippen LogP contribution < -0.4 is 5.73 Å². The van der Waals surface area contributed by atoms with Crippen LogP contribution in [0.3, 0.4) is 0 Å². The number of halogens is 1. The lowest BCUT2D eigenvalue weighted by Gasteiger charge is -2.22. The van der Waals surface area contributed by atoms with Gasteiger partial charge >= 0.3 is 0 Å². The zero-order valence-electron chi connectivity index (χ0n) is 13.4. The normalized spacial score (nSPS) is 14.5. The van der Waals surface area contributed by atoms with E-state index in [1.54, 1.807) is 0 Å². The Morgan fingerprint density at radius 1 is 0.684 bits per heavy atom. The van der Waals surface area contributed by atoms with Crippen molar-refractivity contribution in [2.24, 2.45) is 5.73 Å². The molecule has 0 aliphatic heterocycles. The molecule has 0 bridgehead atoms. The van der Waals surface area contributed by atoms with Crippen LogP contribution in [0.25, 0.3) is 0 Å². The number of hydrogen-bond acceptors (Lipinski definition) is 1. The lowest BCUT2D eigenvalue weighted by atomic mass is 9.93. The minimum Gasteiger partial charge on any atom is -0.328 e. The van der Waals surface area contributed by atoms with E-state index in [4.69, 9.17) is 5.73 Å². The number of rotatable bonds is 14. The van der Waals surface area contributed by atoms with E-state index in [0.29, 0.717) is 12.8 Å². The number of unbranched alkanes of at least 4 members (excludes halogenated alkanes) is 9. The Morgan fingerprint density at radius 2 is 1.16 bits per heavy atom. The monoisotopic (exact) mass is 273 g/mol. The van der Waals surface area contributed by atoms with Crippen molar-refractivity contribution >= 4 is 0 Å². The van der Waals surface area contributed by atoms with E-state index < -0.39 is 5.67 Å². The molecule has 0 aliphatic carbocycles. The average molecular weight is 273 g/mol. The average Bonchev–Trinajstić information content (AvgIpc) is 2.41. The van der Waals surface area contributed by atoms with Gasteiger partial charge in [0.15, 0.2) is 0 Å². The molecule has 1 unspecified atom stereocenters. The molecule has 0 rings (SSSR count). The Labute approximate surface area is 120 Å². The van der Waals surface area contributed by atoms with Crippen molar-refractivity contribution in [3.63, 3.8) is 0 Å². The summed E-state index contributed by atoms with van der Waals surface area (Å²) < 4.78 is 14.1. The predicted octanol–water partition coefficient (Wildman–Crippen LogP) is 5.76. The van der Waals surface area contributed by atoms with Gasteiger partial charge in [-0.3, -0.25) is 0 Å². The van der Waals surface area contributed by atoms with Gasteiger partial charge < -0.3 is 5.73 Å². The van der Waals surface area contributed by atoms with Gasteiger partial charge in [0, 0.05) is 6.54 Å². The Balaban J connectivity index is 3.30. The molecule has 116 valence electrons. The van der Waals surface area contributed by atoms with Crippen molar-refractivity contribution in [1.82, 2.24) is 0 Å². The highest BCUT2D eigenvalue weighted by molar-refractivity contribution is 4.79. The first-order valence-electron chi connectivity index (χ1n) is 8.57. The maximum atomic E-state index is 14.1. The van der Waals surface area contributed by atoms with Gasteiger partial charge in [-0.1, -0.05) is 84.5 Å². The van der Waals surface area contributed by atoms with Crippen LogP contribution in [0.15, 0.2) is 0 Å². The van der Waals surface area contributed by atoms with Crippen molar-refractivity contribution in [2.45, 2.75) is 103 Å². The lowest BCUT2D eigenvalue weighted by molar-refractivity contribution is 0.141. The van der Waals surface area contributed by atoms with E-state index in [2.05, 4.69) is 6.92 Å². The largest absolute Gasteiger partial charge is 0.328 e. The number of hydrogen-bond donors (Lipinski definition) is 1. The van der Waals surface area contributed by atoms with Crippen LogP contribution in [0.1, 0.15) is 97.3 Å². The second-order valence-electron chi connectivity index (χ2n) is 6.04. The van der Waals surface area contributed by atoms with Crippen LogP contribution in [0.5, 0.6) is 0 Å². The highest BCUT2D eigenvalue weighted by Gasteiger charge is 2.25. The smallest absolute Gasteiger partial charge is 0.123 e. The predicted molar refractivity (Wildman–Crippen MR) is 84.3 cm³/mol. The lowest BCUT2D eigenvalue weighted by Crippen LogP contribution is -2.32. The van der Waals surface area contributed by atoms with Gasteiger partial charge in [0.25, 0.3) is 0 Å². The second kappa shape index (κ2) is 12.9. The standard InChI is InChI=1S/C17H36FN/c1-3-5-6-7-8-9-10-11-12-13-15-17(18,16-19)14-4-2/h3-16,19H2,1-2H3. The molecule has 0 saturated carbocycles. The molecule has 2 heteroatoms. The van der Waals surface area contributed by atoms with Crippen molar-refractivity contribution in [2.75, 3.05) is 6.54 Å². The molecule has 1 nitrogen and oxygen atoms in total. The fraction of sp³-hybridized carbons (Fsp3) is 1.00. The van der Waals surface area contributed by atoms with Crippen molar-refractivity contribution in [3.8, 4) is 0 Å². The van der Waals surface area contributed by atoms with Gasteiger partial charge in [-0.15, -0.1) is 0 Å². The van der Waals surface area contributed by atoms with Gasteiger partial charge in [-0.2, -0.15) is 0 Å². The van der Waals surface area contributed by atoms with Gasteiger partial charge in [-0.25, -0.2) is 4.39 Å². The minimum absolute atomic E-state index is 0.193. The Bertz CT molecular complexity index is 184. The zero-order chi connectivity index (χ0) is 14.4. The summed E-state index contributed by atoms with van der Waals surface area (Å²) in [7, 11) is 0. The molecule has 0 amide bonds. The molecule has 0 aromatic carbocycles. The van der Waals surface area contributed by atoms with E-state index in [1.807, 2.05) is 6.92 Å². The summed E-state index contributed by atoms with van der Waals surface area (Å²) in [6, 6.07) is 0. The molecule has 0 fully saturated rings. The van der Waals surface area contributed by atoms with E-state index in [-0.39, 0.29) is 6.54 Å². The summed E-state index contributed by atoms with van der Waals surface area (Å²) in [5.41, 5.74) is 4.45. The molecule has 0 heterocycles. The third kappa shape index (κ3) is 11.4. The maximum absolute atomic E-state index is 14.1. The fourth-order valence-electron chi connectivity index (χ4n) is 2.71.